The van der Waals surface area contributed by atoms with Gasteiger partial charge in [-0.25, -0.2) is 18.6 Å². The van der Waals surface area contributed by atoms with E-state index in [1.54, 1.807) is 35.8 Å². The van der Waals surface area contributed by atoms with Crippen molar-refractivity contribution >= 4 is 22.7 Å². The van der Waals surface area contributed by atoms with Crippen molar-refractivity contribution in [3.8, 4) is 0 Å². The first-order valence-corrected chi connectivity index (χ1v) is 10.2. The lowest BCUT2D eigenvalue weighted by Gasteiger charge is -2.16. The van der Waals surface area contributed by atoms with E-state index in [-0.39, 0.29) is 35.3 Å². The lowest BCUT2D eigenvalue weighted by Crippen LogP contribution is -2.16. The van der Waals surface area contributed by atoms with Gasteiger partial charge in [0, 0.05) is 23.9 Å². The molecule has 1 aliphatic rings. The first-order valence-electron chi connectivity index (χ1n) is 10.2. The molecule has 32 heavy (non-hydrogen) atoms. The zero-order valence-corrected chi connectivity index (χ0v) is 17.5. The quantitative estimate of drug-likeness (QED) is 0.466. The molecule has 2 N–H and O–H groups in total. The summed E-state index contributed by atoms with van der Waals surface area (Å²) in [5, 5.41) is 17.2. The van der Waals surface area contributed by atoms with E-state index >= 15 is 0 Å². The molecule has 1 heterocycles. The third kappa shape index (κ3) is 4.04. The number of carboxylic acids is 1. The van der Waals surface area contributed by atoms with Crippen LogP contribution in [0.25, 0.3) is 11.0 Å². The number of hydrogen-bond acceptors (Lipinski definition) is 3. The van der Waals surface area contributed by atoms with E-state index in [0.29, 0.717) is 29.8 Å². The number of fused-ring (bicyclic) bond motifs is 1. The van der Waals surface area contributed by atoms with Crippen LogP contribution in [0.2, 0.25) is 0 Å². The molecule has 1 aliphatic carbocycles. The van der Waals surface area contributed by atoms with Gasteiger partial charge >= 0.3 is 5.97 Å². The highest BCUT2D eigenvalue weighted by molar-refractivity contribution is 6.06. The van der Waals surface area contributed by atoms with Gasteiger partial charge < -0.3 is 15.1 Å². The Bertz CT molecular complexity index is 1260. The molecule has 1 saturated carbocycles. The Balaban J connectivity index is 1.79. The number of hydrogen-bond donors (Lipinski definition) is 2. The summed E-state index contributed by atoms with van der Waals surface area (Å²) >= 11 is 0. The molecule has 0 aliphatic heterocycles. The van der Waals surface area contributed by atoms with E-state index in [9.17, 15) is 23.1 Å². The predicted molar refractivity (Wildman–Crippen MR) is 115 cm³/mol. The number of imidazole rings is 1. The Morgan fingerprint density at radius 3 is 2.53 bits per heavy atom. The zero-order valence-electron chi connectivity index (χ0n) is 17.5. The molecule has 0 radical (unpaired) electrons. The summed E-state index contributed by atoms with van der Waals surface area (Å²) in [6.07, 6.45) is 4.60. The number of nitrogens with zero attached hydrogens (tertiary/aromatic N) is 2. The Kier molecular flexibility index (Phi) is 5.62. The summed E-state index contributed by atoms with van der Waals surface area (Å²) in [7, 11) is 0. The number of rotatable bonds is 8. The van der Waals surface area contributed by atoms with Gasteiger partial charge in [0.2, 0.25) is 0 Å². The summed E-state index contributed by atoms with van der Waals surface area (Å²) in [5.41, 5.74) is 0.308. The lowest BCUT2D eigenvalue weighted by atomic mass is 10.0. The normalized spacial score (nSPS) is 14.9. The molecule has 0 unspecified atom stereocenters. The van der Waals surface area contributed by atoms with Crippen LogP contribution in [0.15, 0.2) is 42.5 Å². The highest BCUT2D eigenvalue weighted by Crippen LogP contribution is 2.48. The fourth-order valence-corrected chi connectivity index (χ4v) is 3.80. The van der Waals surface area contributed by atoms with Gasteiger partial charge in [0.15, 0.2) is 5.82 Å². The maximum Gasteiger partial charge on any atom is 0.335 e. The number of benzene rings is 2. The molecule has 0 amide bonds. The first-order chi connectivity index (χ1) is 15.3. The molecule has 0 atom stereocenters. The van der Waals surface area contributed by atoms with Crippen molar-refractivity contribution in [3.05, 3.63) is 76.6 Å². The fraction of sp³-hybridized carbons (Fsp3) is 0.292. The highest BCUT2D eigenvalue weighted by Gasteiger charge is 2.44. The van der Waals surface area contributed by atoms with Crippen molar-refractivity contribution in [2.45, 2.75) is 32.7 Å². The molecule has 2 aromatic carbocycles. The minimum Gasteiger partial charge on any atom is -0.478 e. The van der Waals surface area contributed by atoms with Crippen molar-refractivity contribution in [1.29, 1.82) is 5.41 Å². The van der Waals surface area contributed by atoms with Gasteiger partial charge in [-0.15, -0.1) is 0 Å². The molecule has 1 aromatic heterocycles. The van der Waals surface area contributed by atoms with E-state index in [4.69, 9.17) is 5.41 Å². The molecular weight excluding hydrogens is 419 g/mol. The molecule has 5 nitrogen and oxygen atoms in total. The van der Waals surface area contributed by atoms with E-state index in [2.05, 4.69) is 4.98 Å². The van der Waals surface area contributed by atoms with Gasteiger partial charge in [-0.2, -0.15) is 0 Å². The maximum atomic E-state index is 14.8. The van der Waals surface area contributed by atoms with Crippen LogP contribution in [0.1, 0.15) is 47.1 Å². The zero-order chi connectivity index (χ0) is 23.0. The topological polar surface area (TPSA) is 79.0 Å². The molecular formula is C24H22F3N3O2. The summed E-state index contributed by atoms with van der Waals surface area (Å²) in [5.74, 6) is -2.28. The number of aromatic nitrogens is 2. The van der Waals surface area contributed by atoms with E-state index in [0.717, 1.165) is 6.07 Å². The number of carboxylic acid groups (broad SMARTS) is 1. The number of alkyl halides is 1. The van der Waals surface area contributed by atoms with Gasteiger partial charge in [0.25, 0.3) is 0 Å². The van der Waals surface area contributed by atoms with Crippen molar-refractivity contribution in [1.82, 2.24) is 9.55 Å². The fourth-order valence-electron chi connectivity index (χ4n) is 3.80. The molecule has 166 valence electrons. The van der Waals surface area contributed by atoms with Gasteiger partial charge in [-0.05, 0) is 49.6 Å². The summed E-state index contributed by atoms with van der Waals surface area (Å²) in [6.45, 7) is 1.43. The summed E-state index contributed by atoms with van der Waals surface area (Å²) < 4.78 is 44.7. The number of carbonyl (C=O) groups is 1. The number of halogens is 3. The lowest BCUT2D eigenvalue weighted by molar-refractivity contribution is 0.0696. The second-order valence-electron chi connectivity index (χ2n) is 8.28. The second kappa shape index (κ2) is 8.26. The van der Waals surface area contributed by atoms with Crippen LogP contribution in [0.5, 0.6) is 0 Å². The van der Waals surface area contributed by atoms with Crippen molar-refractivity contribution in [2.75, 3.05) is 6.67 Å². The Morgan fingerprint density at radius 1 is 1.22 bits per heavy atom. The summed E-state index contributed by atoms with van der Waals surface area (Å²) in [4.78, 5) is 15.7. The molecule has 1 fully saturated rings. The molecule has 0 bridgehead atoms. The third-order valence-corrected chi connectivity index (χ3v) is 5.91. The first kappa shape index (κ1) is 21.8. The van der Waals surface area contributed by atoms with Crippen LogP contribution in [0.4, 0.5) is 13.2 Å². The van der Waals surface area contributed by atoms with Crippen molar-refractivity contribution in [2.24, 2.45) is 5.41 Å². The second-order valence-corrected chi connectivity index (χ2v) is 8.28. The maximum absolute atomic E-state index is 14.8. The third-order valence-electron chi connectivity index (χ3n) is 5.91. The average molecular weight is 441 g/mol. The Labute approximate surface area is 182 Å². The number of aromatic carboxylic acids is 1. The van der Waals surface area contributed by atoms with E-state index in [1.165, 1.54) is 12.1 Å². The predicted octanol–water partition coefficient (Wildman–Crippen LogP) is 5.30. The van der Waals surface area contributed by atoms with Crippen LogP contribution < -0.4 is 0 Å². The molecule has 3 aromatic rings. The number of nitrogens with one attached hydrogen (secondary N) is 1. The minimum atomic E-state index is -1.28. The smallest absolute Gasteiger partial charge is 0.335 e. The average Bonchev–Trinajstić information content (AvgIpc) is 3.46. The number of allylic oxidation sites excluding steroid dienone is 2. The highest BCUT2D eigenvalue weighted by atomic mass is 19.1. The Morgan fingerprint density at radius 2 is 1.94 bits per heavy atom. The van der Waals surface area contributed by atoms with Crippen molar-refractivity contribution < 1.29 is 23.1 Å². The van der Waals surface area contributed by atoms with Crippen LogP contribution in [-0.4, -0.2) is 33.0 Å². The van der Waals surface area contributed by atoms with E-state index < -0.39 is 29.7 Å². The van der Waals surface area contributed by atoms with Gasteiger partial charge in [-0.3, -0.25) is 4.39 Å². The largest absolute Gasteiger partial charge is 0.478 e. The monoisotopic (exact) mass is 441 g/mol. The van der Waals surface area contributed by atoms with Crippen molar-refractivity contribution in [3.63, 3.8) is 0 Å². The van der Waals surface area contributed by atoms with Gasteiger partial charge in [0.05, 0.1) is 23.5 Å². The molecule has 8 heteroatoms. The summed E-state index contributed by atoms with van der Waals surface area (Å²) in [6, 6.07) is 6.66. The van der Waals surface area contributed by atoms with Gasteiger partial charge in [0.1, 0.15) is 17.2 Å². The molecule has 0 saturated heterocycles. The standard InChI is InChI=1S/C24H22F3N3O2/c1-2-3-19(28)15-5-4-14(17(26)8-15)11-21-29-22-18(27)9-16(23(31)32)10-20(22)30(21)13-24(12-25)6-7-24/h2-5,8-10,28H,6-7,11-13H2,1H3,(H,31,32)/b3-2-,28-19?. The Hall–Kier alpha value is -3.42. The minimum absolute atomic E-state index is 0.0158. The van der Waals surface area contributed by atoms with Gasteiger partial charge in [-0.1, -0.05) is 18.2 Å². The van der Waals surface area contributed by atoms with Crippen LogP contribution in [0.3, 0.4) is 0 Å². The molecule has 4 rings (SSSR count). The van der Waals surface area contributed by atoms with Crippen LogP contribution >= 0.6 is 0 Å². The molecule has 0 spiro atoms. The van der Waals surface area contributed by atoms with E-state index in [1.807, 2.05) is 0 Å². The van der Waals surface area contributed by atoms with Crippen LogP contribution in [0, 0.1) is 22.5 Å². The van der Waals surface area contributed by atoms with Crippen LogP contribution in [-0.2, 0) is 13.0 Å². The SMILES string of the molecule is C/C=C\C(=N)c1ccc(Cc2nc3c(F)cc(C(=O)O)cc3n2CC2(CF)CC2)c(F)c1.